The second-order valence-corrected chi connectivity index (χ2v) is 14.3. The molecule has 1 aliphatic carbocycles. The van der Waals surface area contributed by atoms with E-state index in [4.69, 9.17) is 19.4 Å². The van der Waals surface area contributed by atoms with Gasteiger partial charge in [-0.15, -0.1) is 0 Å². The van der Waals surface area contributed by atoms with Gasteiger partial charge in [0.25, 0.3) is 0 Å². The molecule has 11 rings (SSSR count). The van der Waals surface area contributed by atoms with Crippen LogP contribution in [0.2, 0.25) is 0 Å². The van der Waals surface area contributed by atoms with Crippen LogP contribution in [0.1, 0.15) is 22.3 Å². The Morgan fingerprint density at radius 3 is 1.59 bits per heavy atom. The highest BCUT2D eigenvalue weighted by molar-refractivity contribution is 6.05. The molecule has 2 aromatic heterocycles. The smallest absolute Gasteiger partial charge is 0.164 e. The van der Waals surface area contributed by atoms with Crippen LogP contribution in [0.15, 0.2) is 205 Å². The second-order valence-electron chi connectivity index (χ2n) is 14.3. The fourth-order valence-electron chi connectivity index (χ4n) is 8.74. The summed E-state index contributed by atoms with van der Waals surface area (Å²) in [5, 5.41) is 2.15. The number of benzene rings is 8. The predicted molar refractivity (Wildman–Crippen MR) is 226 cm³/mol. The molecule has 0 spiro atoms. The highest BCUT2D eigenvalue weighted by atomic mass is 16.3. The van der Waals surface area contributed by atoms with E-state index in [0.717, 1.165) is 55.3 Å². The zero-order valence-corrected chi connectivity index (χ0v) is 30.3. The molecular formula is C52H33N3O. The molecular weight excluding hydrogens is 683 g/mol. The van der Waals surface area contributed by atoms with Crippen molar-refractivity contribution in [2.24, 2.45) is 0 Å². The van der Waals surface area contributed by atoms with Gasteiger partial charge in [0.2, 0.25) is 0 Å². The van der Waals surface area contributed by atoms with Crippen molar-refractivity contribution in [2.75, 3.05) is 0 Å². The molecule has 8 aromatic carbocycles. The first-order valence-corrected chi connectivity index (χ1v) is 18.9. The maximum atomic E-state index is 6.33. The third kappa shape index (κ3) is 4.96. The van der Waals surface area contributed by atoms with Gasteiger partial charge >= 0.3 is 0 Å². The van der Waals surface area contributed by atoms with E-state index in [1.165, 1.54) is 27.8 Å². The minimum absolute atomic E-state index is 0.544. The van der Waals surface area contributed by atoms with Crippen molar-refractivity contribution in [1.82, 2.24) is 15.0 Å². The monoisotopic (exact) mass is 715 g/mol. The summed E-state index contributed by atoms with van der Waals surface area (Å²) in [5.41, 5.74) is 13.2. The van der Waals surface area contributed by atoms with E-state index in [2.05, 4.69) is 158 Å². The Bertz CT molecular complexity index is 3030. The van der Waals surface area contributed by atoms with Crippen molar-refractivity contribution in [2.45, 2.75) is 5.41 Å². The largest absolute Gasteiger partial charge is 0.456 e. The Kier molecular flexibility index (Phi) is 7.36. The van der Waals surface area contributed by atoms with Crippen LogP contribution < -0.4 is 0 Å². The topological polar surface area (TPSA) is 51.8 Å². The second kappa shape index (κ2) is 12.9. The average molecular weight is 716 g/mol. The molecule has 262 valence electrons. The van der Waals surface area contributed by atoms with Gasteiger partial charge in [0.05, 0.1) is 5.41 Å². The van der Waals surface area contributed by atoms with Gasteiger partial charge in [-0.05, 0) is 74.8 Å². The van der Waals surface area contributed by atoms with Gasteiger partial charge in [-0.25, -0.2) is 15.0 Å². The number of hydrogen-bond acceptors (Lipinski definition) is 4. The number of fused-ring (bicyclic) bond motifs is 6. The summed E-state index contributed by atoms with van der Waals surface area (Å²) in [5.74, 6) is 1.80. The number of rotatable bonds is 6. The number of para-hydroxylation sites is 1. The van der Waals surface area contributed by atoms with Crippen LogP contribution in [0.4, 0.5) is 0 Å². The summed E-state index contributed by atoms with van der Waals surface area (Å²) in [6, 6.07) is 70.5. The lowest BCUT2D eigenvalue weighted by atomic mass is 9.67. The van der Waals surface area contributed by atoms with Gasteiger partial charge in [0.15, 0.2) is 17.5 Å². The molecule has 0 saturated carbocycles. The van der Waals surface area contributed by atoms with Crippen LogP contribution in [0.3, 0.4) is 0 Å². The van der Waals surface area contributed by atoms with E-state index in [1.807, 2.05) is 42.5 Å². The van der Waals surface area contributed by atoms with E-state index >= 15 is 0 Å². The summed E-state index contributed by atoms with van der Waals surface area (Å²) in [7, 11) is 0. The molecule has 10 aromatic rings. The lowest BCUT2D eigenvalue weighted by molar-refractivity contribution is 0.669. The summed E-state index contributed by atoms with van der Waals surface area (Å²) < 4.78 is 6.33. The summed E-state index contributed by atoms with van der Waals surface area (Å²) in [6.07, 6.45) is 0. The normalized spacial score (nSPS) is 12.8. The first-order valence-electron chi connectivity index (χ1n) is 18.9. The van der Waals surface area contributed by atoms with Crippen molar-refractivity contribution in [3.05, 3.63) is 222 Å². The Balaban J connectivity index is 1.21. The predicted octanol–water partition coefficient (Wildman–Crippen LogP) is 12.8. The van der Waals surface area contributed by atoms with E-state index in [-0.39, 0.29) is 0 Å². The van der Waals surface area contributed by atoms with Crippen molar-refractivity contribution in [3.8, 4) is 56.4 Å². The zero-order valence-electron chi connectivity index (χ0n) is 30.3. The third-order valence-corrected chi connectivity index (χ3v) is 11.2. The van der Waals surface area contributed by atoms with E-state index in [0.29, 0.717) is 17.5 Å². The van der Waals surface area contributed by atoms with Crippen LogP contribution >= 0.6 is 0 Å². The van der Waals surface area contributed by atoms with Crippen LogP contribution in [-0.2, 0) is 5.41 Å². The molecule has 0 N–H and O–H groups in total. The molecule has 0 atom stereocenters. The Labute approximate surface area is 324 Å². The molecule has 2 heterocycles. The van der Waals surface area contributed by atoms with Crippen LogP contribution in [-0.4, -0.2) is 15.0 Å². The molecule has 0 unspecified atom stereocenters. The molecule has 0 radical (unpaired) electrons. The minimum Gasteiger partial charge on any atom is -0.456 e. The molecule has 0 bridgehead atoms. The molecule has 0 aliphatic heterocycles. The highest BCUT2D eigenvalue weighted by Crippen LogP contribution is 2.57. The summed E-state index contributed by atoms with van der Waals surface area (Å²) in [6.45, 7) is 0. The molecule has 1 aliphatic rings. The van der Waals surface area contributed by atoms with Crippen molar-refractivity contribution < 1.29 is 4.42 Å². The Morgan fingerprint density at radius 2 is 0.875 bits per heavy atom. The maximum Gasteiger partial charge on any atom is 0.164 e. The molecule has 4 nitrogen and oxygen atoms in total. The van der Waals surface area contributed by atoms with Crippen LogP contribution in [0, 0.1) is 0 Å². The number of hydrogen-bond donors (Lipinski definition) is 0. The fourth-order valence-corrected chi connectivity index (χ4v) is 8.74. The Hall–Kier alpha value is -7.43. The van der Waals surface area contributed by atoms with Gasteiger partial charge in [-0.1, -0.05) is 170 Å². The fraction of sp³-hybridized carbons (Fsp3) is 0.0192. The minimum atomic E-state index is -0.544. The standard InChI is InChI=1S/C52H33N3O/c1-5-17-34(18-6-1)42-33-46-43(39-25-13-15-27-45(39)52(46,37-21-9-3-10-22-37)38-23-11-4-12-24-38)32-44(42)51-54-49(35-19-7-2-8-20-35)53-50(55-51)36-29-30-41-40-26-14-16-28-47(40)56-48(41)31-36/h1-33H. The van der Waals surface area contributed by atoms with Crippen LogP contribution in [0.25, 0.3) is 78.4 Å². The quantitative estimate of drug-likeness (QED) is 0.172. The first kappa shape index (κ1) is 32.0. The molecule has 0 amide bonds. The zero-order chi connectivity index (χ0) is 37.1. The van der Waals surface area contributed by atoms with E-state index in [1.54, 1.807) is 0 Å². The van der Waals surface area contributed by atoms with Gasteiger partial charge < -0.3 is 4.42 Å². The molecule has 56 heavy (non-hydrogen) atoms. The highest BCUT2D eigenvalue weighted by Gasteiger charge is 2.46. The molecule has 0 fully saturated rings. The third-order valence-electron chi connectivity index (χ3n) is 11.2. The molecule has 4 heteroatoms. The number of furan rings is 1. The lowest BCUT2D eigenvalue weighted by Crippen LogP contribution is -2.28. The van der Waals surface area contributed by atoms with Crippen molar-refractivity contribution in [1.29, 1.82) is 0 Å². The number of aromatic nitrogens is 3. The SMILES string of the molecule is c1ccc(-c2nc(-c3ccc4c(c3)oc3ccccc34)nc(-c3cc4c(cc3-c3ccccc3)C(c3ccccc3)(c3ccccc3)c3ccccc3-4)n2)cc1. The van der Waals surface area contributed by atoms with Crippen molar-refractivity contribution >= 4 is 21.9 Å². The van der Waals surface area contributed by atoms with Gasteiger partial charge in [0, 0.05) is 27.5 Å². The average Bonchev–Trinajstić information content (AvgIpc) is 3.80. The lowest BCUT2D eigenvalue weighted by Gasteiger charge is -2.34. The first-order chi connectivity index (χ1) is 27.8. The maximum absolute atomic E-state index is 6.33. The van der Waals surface area contributed by atoms with E-state index < -0.39 is 5.41 Å². The summed E-state index contributed by atoms with van der Waals surface area (Å²) >= 11 is 0. The van der Waals surface area contributed by atoms with Gasteiger partial charge in [-0.3, -0.25) is 0 Å². The van der Waals surface area contributed by atoms with Crippen molar-refractivity contribution in [3.63, 3.8) is 0 Å². The molecule has 0 saturated heterocycles. The van der Waals surface area contributed by atoms with Crippen LogP contribution in [0.5, 0.6) is 0 Å². The summed E-state index contributed by atoms with van der Waals surface area (Å²) in [4.78, 5) is 15.7. The van der Waals surface area contributed by atoms with Gasteiger partial charge in [0.1, 0.15) is 11.2 Å². The Morgan fingerprint density at radius 1 is 0.321 bits per heavy atom. The number of nitrogens with zero attached hydrogens (tertiary/aromatic N) is 3. The van der Waals surface area contributed by atoms with E-state index in [9.17, 15) is 0 Å². The van der Waals surface area contributed by atoms with Gasteiger partial charge in [-0.2, -0.15) is 0 Å².